The van der Waals surface area contributed by atoms with E-state index < -0.39 is 0 Å². The van der Waals surface area contributed by atoms with Crippen LogP contribution in [0.3, 0.4) is 0 Å². The molecule has 0 fully saturated rings. The lowest BCUT2D eigenvalue weighted by Crippen LogP contribution is -2.15. The molecule has 0 aliphatic rings. The van der Waals surface area contributed by atoms with Crippen LogP contribution in [0.15, 0.2) is 18.2 Å². The molecule has 1 atom stereocenters. The Bertz CT molecular complexity index is 344. The Kier molecular flexibility index (Phi) is 5.19. The number of hydrogen-bond donors (Lipinski definition) is 1. The van der Waals surface area contributed by atoms with Crippen LogP contribution in [0.25, 0.3) is 0 Å². The van der Waals surface area contributed by atoms with E-state index in [1.807, 2.05) is 13.8 Å². The summed E-state index contributed by atoms with van der Waals surface area (Å²) in [5, 5.41) is 0.372. The van der Waals surface area contributed by atoms with E-state index in [1.165, 1.54) is 12.1 Å². The van der Waals surface area contributed by atoms with Gasteiger partial charge in [0.05, 0.1) is 6.10 Å². The molecule has 0 saturated carbocycles. The number of nitrogens with two attached hydrogens (primary N) is 1. The van der Waals surface area contributed by atoms with Gasteiger partial charge in [-0.3, -0.25) is 0 Å². The maximum Gasteiger partial charge on any atom is 0.124 e. The summed E-state index contributed by atoms with van der Waals surface area (Å²) in [5.74, 6) is -0.348. The first-order valence-electron chi connectivity index (χ1n) is 5.33. The molecule has 0 heterocycles. The van der Waals surface area contributed by atoms with E-state index in [4.69, 9.17) is 22.1 Å². The Labute approximate surface area is 101 Å². The minimum absolute atomic E-state index is 0.191. The van der Waals surface area contributed by atoms with Crippen molar-refractivity contribution in [3.8, 4) is 0 Å². The first-order valence-corrected chi connectivity index (χ1v) is 5.70. The molecule has 1 rings (SSSR count). The van der Waals surface area contributed by atoms with Gasteiger partial charge in [-0.2, -0.15) is 0 Å². The fraction of sp³-hybridized carbons (Fsp3) is 0.500. The molecule has 16 heavy (non-hydrogen) atoms. The Morgan fingerprint density at radius 3 is 2.69 bits per heavy atom. The number of hydrogen-bond acceptors (Lipinski definition) is 2. The minimum atomic E-state index is -0.348. The van der Waals surface area contributed by atoms with E-state index in [1.54, 1.807) is 6.07 Å². The summed E-state index contributed by atoms with van der Waals surface area (Å²) in [6.45, 7) is 4.51. The standard InChI is InChI=1S/C12H17ClFNO/c1-8(2)16-6-5-12(15)10-4-3-9(14)7-11(10)13/h3-4,7-8,12H,5-6,15H2,1-2H3. The van der Waals surface area contributed by atoms with Crippen LogP contribution in [0.4, 0.5) is 4.39 Å². The van der Waals surface area contributed by atoms with Crippen LogP contribution >= 0.6 is 11.6 Å². The lowest BCUT2D eigenvalue weighted by atomic mass is 10.1. The van der Waals surface area contributed by atoms with Gasteiger partial charge in [-0.1, -0.05) is 17.7 Å². The van der Waals surface area contributed by atoms with Crippen molar-refractivity contribution in [2.75, 3.05) is 6.61 Å². The van der Waals surface area contributed by atoms with Crippen molar-refractivity contribution in [1.29, 1.82) is 0 Å². The molecule has 0 bridgehead atoms. The topological polar surface area (TPSA) is 35.2 Å². The molecule has 0 amide bonds. The molecule has 2 N–H and O–H groups in total. The first-order chi connectivity index (χ1) is 7.50. The lowest BCUT2D eigenvalue weighted by Gasteiger charge is -2.15. The SMILES string of the molecule is CC(C)OCCC(N)c1ccc(F)cc1Cl. The van der Waals surface area contributed by atoms with Gasteiger partial charge in [0.15, 0.2) is 0 Å². The summed E-state index contributed by atoms with van der Waals surface area (Å²) in [6, 6.07) is 4.05. The van der Waals surface area contributed by atoms with Crippen molar-refractivity contribution in [3.63, 3.8) is 0 Å². The zero-order chi connectivity index (χ0) is 12.1. The van der Waals surface area contributed by atoms with Crippen LogP contribution in [0.5, 0.6) is 0 Å². The molecule has 90 valence electrons. The van der Waals surface area contributed by atoms with Gasteiger partial charge in [0.1, 0.15) is 5.82 Å². The predicted molar refractivity (Wildman–Crippen MR) is 64.0 cm³/mol. The zero-order valence-electron chi connectivity index (χ0n) is 9.54. The van der Waals surface area contributed by atoms with E-state index in [9.17, 15) is 4.39 Å². The summed E-state index contributed by atoms with van der Waals surface area (Å²) in [7, 11) is 0. The second-order valence-corrected chi connectivity index (χ2v) is 4.39. The largest absolute Gasteiger partial charge is 0.379 e. The van der Waals surface area contributed by atoms with E-state index in [2.05, 4.69) is 0 Å². The smallest absolute Gasteiger partial charge is 0.124 e. The highest BCUT2D eigenvalue weighted by Crippen LogP contribution is 2.24. The van der Waals surface area contributed by atoms with Gasteiger partial charge in [-0.25, -0.2) is 4.39 Å². The lowest BCUT2D eigenvalue weighted by molar-refractivity contribution is 0.0736. The highest BCUT2D eigenvalue weighted by molar-refractivity contribution is 6.31. The summed E-state index contributed by atoms with van der Waals surface area (Å²) in [5.41, 5.74) is 6.70. The molecule has 0 radical (unpaired) electrons. The summed E-state index contributed by atoms with van der Waals surface area (Å²) >= 11 is 5.91. The summed E-state index contributed by atoms with van der Waals surface area (Å²) in [6.07, 6.45) is 0.861. The molecule has 0 aliphatic heterocycles. The highest BCUT2D eigenvalue weighted by Gasteiger charge is 2.11. The zero-order valence-corrected chi connectivity index (χ0v) is 10.3. The summed E-state index contributed by atoms with van der Waals surface area (Å²) in [4.78, 5) is 0. The van der Waals surface area contributed by atoms with Gasteiger partial charge in [-0.15, -0.1) is 0 Å². The molecule has 0 saturated heterocycles. The van der Waals surface area contributed by atoms with Crippen molar-refractivity contribution < 1.29 is 9.13 Å². The van der Waals surface area contributed by atoms with Crippen LogP contribution in [0, 0.1) is 5.82 Å². The van der Waals surface area contributed by atoms with Crippen molar-refractivity contribution in [2.45, 2.75) is 32.4 Å². The van der Waals surface area contributed by atoms with Crippen LogP contribution in [-0.2, 0) is 4.74 Å². The quantitative estimate of drug-likeness (QED) is 0.864. The molecule has 1 aromatic rings. The van der Waals surface area contributed by atoms with Gasteiger partial charge in [-0.05, 0) is 38.0 Å². The number of rotatable bonds is 5. The Balaban J connectivity index is 2.55. The van der Waals surface area contributed by atoms with E-state index >= 15 is 0 Å². The van der Waals surface area contributed by atoms with Crippen LogP contribution in [-0.4, -0.2) is 12.7 Å². The second-order valence-electron chi connectivity index (χ2n) is 3.98. The highest BCUT2D eigenvalue weighted by atomic mass is 35.5. The first kappa shape index (κ1) is 13.4. The molecule has 0 aromatic heterocycles. The van der Waals surface area contributed by atoms with Gasteiger partial charge >= 0.3 is 0 Å². The number of benzene rings is 1. The third-order valence-electron chi connectivity index (χ3n) is 2.24. The molecule has 4 heteroatoms. The van der Waals surface area contributed by atoms with Gasteiger partial charge in [0, 0.05) is 17.7 Å². The minimum Gasteiger partial charge on any atom is -0.379 e. The molecular weight excluding hydrogens is 229 g/mol. The van der Waals surface area contributed by atoms with Gasteiger partial charge in [0.2, 0.25) is 0 Å². The molecule has 0 spiro atoms. The fourth-order valence-electron chi connectivity index (χ4n) is 1.39. The predicted octanol–water partition coefficient (Wildman–Crippen LogP) is 3.29. The Morgan fingerprint density at radius 1 is 1.44 bits per heavy atom. The number of ether oxygens (including phenoxy) is 1. The Morgan fingerprint density at radius 2 is 2.12 bits per heavy atom. The fourth-order valence-corrected chi connectivity index (χ4v) is 1.70. The number of halogens is 2. The third-order valence-corrected chi connectivity index (χ3v) is 2.57. The Hall–Kier alpha value is -0.640. The molecule has 1 aromatic carbocycles. The maximum absolute atomic E-state index is 12.8. The molecule has 1 unspecified atom stereocenters. The molecular formula is C12H17ClFNO. The monoisotopic (exact) mass is 245 g/mol. The van der Waals surface area contributed by atoms with Crippen LogP contribution < -0.4 is 5.73 Å². The average molecular weight is 246 g/mol. The van der Waals surface area contributed by atoms with Crippen molar-refractivity contribution in [2.24, 2.45) is 5.73 Å². The van der Waals surface area contributed by atoms with Gasteiger partial charge in [0.25, 0.3) is 0 Å². The second kappa shape index (κ2) is 6.18. The average Bonchev–Trinajstić information content (AvgIpc) is 2.16. The van der Waals surface area contributed by atoms with Crippen LogP contribution in [0.1, 0.15) is 31.9 Å². The normalized spacial score (nSPS) is 13.1. The third kappa shape index (κ3) is 4.08. The molecule has 2 nitrogen and oxygen atoms in total. The van der Waals surface area contributed by atoms with Crippen molar-refractivity contribution in [1.82, 2.24) is 0 Å². The van der Waals surface area contributed by atoms with Crippen molar-refractivity contribution in [3.05, 3.63) is 34.6 Å². The van der Waals surface area contributed by atoms with E-state index in [0.29, 0.717) is 18.1 Å². The maximum atomic E-state index is 12.8. The van der Waals surface area contributed by atoms with Gasteiger partial charge < -0.3 is 10.5 Å². The van der Waals surface area contributed by atoms with E-state index in [0.717, 1.165) is 5.56 Å². The van der Waals surface area contributed by atoms with Crippen LogP contribution in [0.2, 0.25) is 5.02 Å². The van der Waals surface area contributed by atoms with E-state index in [-0.39, 0.29) is 18.0 Å². The molecule has 0 aliphatic carbocycles. The van der Waals surface area contributed by atoms with Crippen molar-refractivity contribution >= 4 is 11.6 Å². The summed E-state index contributed by atoms with van der Waals surface area (Å²) < 4.78 is 18.2.